The molecule has 0 spiro atoms. The van der Waals surface area contributed by atoms with Crippen molar-refractivity contribution < 1.29 is 9.47 Å². The van der Waals surface area contributed by atoms with Crippen molar-refractivity contribution in [2.45, 2.75) is 33.5 Å². The Bertz CT molecular complexity index is 990. The smallest absolute Gasteiger partial charge is 0.238 e. The lowest BCUT2D eigenvalue weighted by Gasteiger charge is -2.00. The van der Waals surface area contributed by atoms with Crippen molar-refractivity contribution in [3.8, 4) is 22.1 Å². The molecule has 146 valence electrons. The van der Waals surface area contributed by atoms with E-state index in [1.807, 2.05) is 42.2 Å². The maximum absolute atomic E-state index is 5.70. The minimum Gasteiger partial charge on any atom is -0.451 e. The van der Waals surface area contributed by atoms with Gasteiger partial charge in [0.05, 0.1) is 5.69 Å². The van der Waals surface area contributed by atoms with Crippen LogP contribution in [-0.4, -0.2) is 22.8 Å². The average molecular weight is 430 g/mol. The van der Waals surface area contributed by atoms with E-state index in [0.29, 0.717) is 0 Å². The number of benzene rings is 1. The Kier molecular flexibility index (Phi) is 6.09. The quantitative estimate of drug-likeness (QED) is 0.393. The van der Waals surface area contributed by atoms with Crippen LogP contribution in [0.2, 0.25) is 0 Å². The highest BCUT2D eigenvalue weighted by atomic mass is 32.2. The number of thioether (sulfide) groups is 1. The standard InChI is InChI=1S/C22H23NO2S3/c1-4-26-11-5-6-17-8-9-18(28-17)13-19-14(2)27-22(23-19)16-7-10-20-21(12-16)25-15(3)24-20/h5-10,12,15H,4,11,13H2,1-3H3/b6-5+. The molecule has 0 amide bonds. The molecule has 3 nitrogen and oxygen atoms in total. The van der Waals surface area contributed by atoms with Crippen molar-refractivity contribution in [3.63, 3.8) is 0 Å². The summed E-state index contributed by atoms with van der Waals surface area (Å²) in [5, 5.41) is 1.03. The van der Waals surface area contributed by atoms with E-state index in [1.165, 1.54) is 14.6 Å². The Morgan fingerprint density at radius 3 is 2.86 bits per heavy atom. The highest BCUT2D eigenvalue weighted by molar-refractivity contribution is 7.99. The van der Waals surface area contributed by atoms with Crippen molar-refractivity contribution in [1.82, 2.24) is 4.98 Å². The van der Waals surface area contributed by atoms with Gasteiger partial charge in [-0.3, -0.25) is 0 Å². The van der Waals surface area contributed by atoms with Gasteiger partial charge in [-0.05, 0) is 49.1 Å². The molecule has 0 aliphatic carbocycles. The number of thiophene rings is 1. The third-order valence-corrected chi connectivity index (χ3v) is 7.34. The Balaban J connectivity index is 1.48. The van der Waals surface area contributed by atoms with Gasteiger partial charge in [0.15, 0.2) is 11.5 Å². The first-order valence-electron chi connectivity index (χ1n) is 9.39. The molecule has 1 aliphatic rings. The van der Waals surface area contributed by atoms with Crippen LogP contribution in [0.5, 0.6) is 11.5 Å². The third-order valence-electron chi connectivity index (χ3n) is 4.39. The van der Waals surface area contributed by atoms with Gasteiger partial charge in [-0.1, -0.05) is 13.0 Å². The normalized spacial score (nSPS) is 15.6. The molecular formula is C22H23NO2S3. The van der Waals surface area contributed by atoms with E-state index in [4.69, 9.17) is 14.5 Å². The molecule has 1 aromatic carbocycles. The van der Waals surface area contributed by atoms with Gasteiger partial charge in [0.1, 0.15) is 5.01 Å². The number of thiazole rings is 1. The summed E-state index contributed by atoms with van der Waals surface area (Å²) in [6.45, 7) is 6.25. The molecule has 1 aliphatic heterocycles. The van der Waals surface area contributed by atoms with E-state index in [0.717, 1.165) is 45.7 Å². The molecule has 3 heterocycles. The molecule has 0 saturated heterocycles. The summed E-state index contributed by atoms with van der Waals surface area (Å²) in [4.78, 5) is 8.85. The number of aromatic nitrogens is 1. The second kappa shape index (κ2) is 8.72. The number of hydrogen-bond donors (Lipinski definition) is 0. The molecule has 1 unspecified atom stereocenters. The Morgan fingerprint density at radius 1 is 1.14 bits per heavy atom. The first-order valence-corrected chi connectivity index (χ1v) is 12.2. The molecule has 0 fully saturated rings. The van der Waals surface area contributed by atoms with Crippen molar-refractivity contribution in [1.29, 1.82) is 0 Å². The molecule has 0 radical (unpaired) electrons. The third kappa shape index (κ3) is 4.45. The van der Waals surface area contributed by atoms with Crippen LogP contribution in [0.25, 0.3) is 16.6 Å². The predicted molar refractivity (Wildman–Crippen MR) is 122 cm³/mol. The van der Waals surface area contributed by atoms with Crippen LogP contribution in [0, 0.1) is 6.92 Å². The van der Waals surface area contributed by atoms with Crippen LogP contribution < -0.4 is 9.47 Å². The maximum Gasteiger partial charge on any atom is 0.238 e. The number of fused-ring (bicyclic) bond motifs is 1. The molecule has 0 bridgehead atoms. The number of hydrogen-bond acceptors (Lipinski definition) is 6. The molecule has 2 aromatic heterocycles. The SMILES string of the molecule is CCSC/C=C/c1ccc(Cc2nc(-c3ccc4c(c3)OC(C)O4)sc2C)s1. The van der Waals surface area contributed by atoms with Gasteiger partial charge < -0.3 is 9.47 Å². The number of nitrogens with zero attached hydrogens (tertiary/aromatic N) is 1. The van der Waals surface area contributed by atoms with Gasteiger partial charge in [-0.2, -0.15) is 11.8 Å². The maximum atomic E-state index is 5.70. The number of ether oxygens (including phenoxy) is 2. The fourth-order valence-electron chi connectivity index (χ4n) is 3.02. The van der Waals surface area contributed by atoms with Crippen LogP contribution in [0.3, 0.4) is 0 Å². The van der Waals surface area contributed by atoms with Gasteiger partial charge >= 0.3 is 0 Å². The van der Waals surface area contributed by atoms with Crippen LogP contribution >= 0.6 is 34.4 Å². The van der Waals surface area contributed by atoms with Crippen LogP contribution in [0.15, 0.2) is 36.4 Å². The van der Waals surface area contributed by atoms with E-state index in [1.54, 1.807) is 11.3 Å². The average Bonchev–Trinajstić information content (AvgIpc) is 3.37. The molecule has 28 heavy (non-hydrogen) atoms. The van der Waals surface area contributed by atoms with Crippen LogP contribution in [0.4, 0.5) is 0 Å². The first kappa shape index (κ1) is 19.6. The van der Waals surface area contributed by atoms with Crippen molar-refractivity contribution in [2.24, 2.45) is 0 Å². The second-order valence-electron chi connectivity index (χ2n) is 6.53. The molecule has 0 saturated carbocycles. The zero-order valence-corrected chi connectivity index (χ0v) is 18.7. The summed E-state index contributed by atoms with van der Waals surface area (Å²) in [6.07, 6.45) is 5.13. The largest absolute Gasteiger partial charge is 0.451 e. The lowest BCUT2D eigenvalue weighted by molar-refractivity contribution is 0.0679. The second-order valence-corrected chi connectivity index (χ2v) is 10.3. The van der Waals surface area contributed by atoms with E-state index >= 15 is 0 Å². The number of rotatable bonds is 7. The summed E-state index contributed by atoms with van der Waals surface area (Å²) >= 11 is 5.53. The molecule has 4 rings (SSSR count). The van der Waals surface area contributed by atoms with Gasteiger partial charge in [0.2, 0.25) is 6.29 Å². The summed E-state index contributed by atoms with van der Waals surface area (Å²) in [5.41, 5.74) is 2.24. The summed E-state index contributed by atoms with van der Waals surface area (Å²) < 4.78 is 11.3. The summed E-state index contributed by atoms with van der Waals surface area (Å²) in [5.74, 6) is 3.84. The lowest BCUT2D eigenvalue weighted by atomic mass is 10.2. The lowest BCUT2D eigenvalue weighted by Crippen LogP contribution is -2.11. The zero-order chi connectivity index (χ0) is 19.5. The number of aryl methyl sites for hydroxylation is 1. The van der Waals surface area contributed by atoms with Crippen molar-refractivity contribution in [3.05, 3.63) is 56.7 Å². The summed E-state index contributed by atoms with van der Waals surface area (Å²) in [7, 11) is 0. The van der Waals surface area contributed by atoms with Gasteiger partial charge in [0.25, 0.3) is 0 Å². The van der Waals surface area contributed by atoms with Crippen molar-refractivity contribution in [2.75, 3.05) is 11.5 Å². The highest BCUT2D eigenvalue weighted by Gasteiger charge is 2.21. The Labute approximate surface area is 178 Å². The fraction of sp³-hybridized carbons (Fsp3) is 0.318. The van der Waals surface area contributed by atoms with Gasteiger partial charge in [-0.15, -0.1) is 22.7 Å². The van der Waals surface area contributed by atoms with Crippen LogP contribution in [0.1, 0.15) is 34.2 Å². The topological polar surface area (TPSA) is 31.4 Å². The van der Waals surface area contributed by atoms with E-state index in [9.17, 15) is 0 Å². The molecule has 6 heteroatoms. The van der Waals surface area contributed by atoms with Gasteiger partial charge in [-0.25, -0.2) is 4.98 Å². The summed E-state index contributed by atoms with van der Waals surface area (Å²) in [6, 6.07) is 10.5. The van der Waals surface area contributed by atoms with Gasteiger partial charge in [0, 0.05) is 39.3 Å². The van der Waals surface area contributed by atoms with Crippen molar-refractivity contribution >= 4 is 40.5 Å². The minimum atomic E-state index is -0.221. The van der Waals surface area contributed by atoms with E-state index < -0.39 is 0 Å². The van der Waals surface area contributed by atoms with E-state index in [-0.39, 0.29) is 6.29 Å². The first-order chi connectivity index (χ1) is 13.6. The fourth-order valence-corrected chi connectivity index (χ4v) is 5.36. The van der Waals surface area contributed by atoms with Crippen LogP contribution in [-0.2, 0) is 6.42 Å². The molecule has 0 N–H and O–H groups in total. The van der Waals surface area contributed by atoms with E-state index in [2.05, 4.69) is 44.2 Å². The molecular weight excluding hydrogens is 406 g/mol. The predicted octanol–water partition coefficient (Wildman–Crippen LogP) is 6.65. The monoisotopic (exact) mass is 429 g/mol. The highest BCUT2D eigenvalue weighted by Crippen LogP contribution is 2.39. The minimum absolute atomic E-state index is 0.221. The Hall–Kier alpha value is -1.76. The zero-order valence-electron chi connectivity index (χ0n) is 16.2. The Morgan fingerprint density at radius 2 is 2.00 bits per heavy atom. The molecule has 3 aromatic rings. The molecule has 1 atom stereocenters.